The van der Waals surface area contributed by atoms with Crippen molar-refractivity contribution in [3.63, 3.8) is 0 Å². The van der Waals surface area contributed by atoms with Gasteiger partial charge in [-0.15, -0.1) is 5.10 Å². The van der Waals surface area contributed by atoms with Crippen molar-refractivity contribution in [1.29, 1.82) is 0 Å². The van der Waals surface area contributed by atoms with Crippen LogP contribution in [0.15, 0.2) is 60.7 Å². The first-order valence-corrected chi connectivity index (χ1v) is 9.89. The van der Waals surface area contributed by atoms with Crippen molar-refractivity contribution in [2.75, 3.05) is 10.2 Å². The van der Waals surface area contributed by atoms with E-state index in [9.17, 15) is 4.79 Å². The predicted molar refractivity (Wildman–Crippen MR) is 118 cm³/mol. The number of carbonyl (C=O) groups excluding carboxylic acids is 1. The number of carbonyl (C=O) groups is 1. The van der Waals surface area contributed by atoms with E-state index in [2.05, 4.69) is 20.4 Å². The minimum atomic E-state index is -0.253. The van der Waals surface area contributed by atoms with E-state index in [4.69, 9.17) is 0 Å². The van der Waals surface area contributed by atoms with Gasteiger partial charge in [-0.05, 0) is 70.2 Å². The normalized spacial score (nSPS) is 11.1. The zero-order chi connectivity index (χ0) is 21.3. The molecule has 0 aliphatic heterocycles. The number of hydrogen-bond acceptors (Lipinski definition) is 5. The highest BCUT2D eigenvalue weighted by Crippen LogP contribution is 2.24. The summed E-state index contributed by atoms with van der Waals surface area (Å²) < 4.78 is 1.60. The van der Waals surface area contributed by atoms with E-state index in [-0.39, 0.29) is 17.8 Å². The molecule has 4 rings (SSSR count). The molecule has 2 aromatic carbocycles. The Morgan fingerprint density at radius 3 is 2.30 bits per heavy atom. The first kappa shape index (κ1) is 19.6. The molecule has 1 N–H and O–H groups in total. The molecule has 7 heteroatoms. The summed E-state index contributed by atoms with van der Waals surface area (Å²) in [7, 11) is 0. The highest BCUT2D eigenvalue weighted by atomic mass is 16.2. The Balaban J connectivity index is 1.62. The average molecular weight is 400 g/mol. The lowest BCUT2D eigenvalue weighted by atomic mass is 10.2. The Labute approximate surface area is 175 Å². The van der Waals surface area contributed by atoms with Crippen LogP contribution in [0.3, 0.4) is 0 Å². The van der Waals surface area contributed by atoms with Crippen LogP contribution >= 0.6 is 0 Å². The Morgan fingerprint density at radius 2 is 1.63 bits per heavy atom. The smallest absolute Gasteiger partial charge is 0.298 e. The van der Waals surface area contributed by atoms with Crippen molar-refractivity contribution in [2.45, 2.75) is 33.7 Å². The summed E-state index contributed by atoms with van der Waals surface area (Å²) in [4.78, 5) is 23.7. The van der Waals surface area contributed by atoms with Gasteiger partial charge in [0.25, 0.3) is 11.7 Å². The third kappa shape index (κ3) is 3.87. The first-order valence-electron chi connectivity index (χ1n) is 9.89. The minimum absolute atomic E-state index is 0.0622. The SMILES string of the molecule is Cc1cc(C)n2nc(C(=O)N(c3ccc(Nc4ccccc4)cc3)C(C)C)nc2n1. The molecular formula is C23H24N6O. The second kappa shape index (κ2) is 7.94. The van der Waals surface area contributed by atoms with Gasteiger partial charge < -0.3 is 10.2 Å². The van der Waals surface area contributed by atoms with Gasteiger partial charge in [0.05, 0.1) is 0 Å². The molecule has 152 valence electrons. The second-order valence-electron chi connectivity index (χ2n) is 7.49. The summed E-state index contributed by atoms with van der Waals surface area (Å²) >= 11 is 0. The maximum Gasteiger partial charge on any atom is 0.298 e. The van der Waals surface area contributed by atoms with Crippen LogP contribution in [0.5, 0.6) is 0 Å². The Kier molecular flexibility index (Phi) is 5.18. The third-order valence-corrected chi connectivity index (χ3v) is 4.75. The van der Waals surface area contributed by atoms with Crippen molar-refractivity contribution in [3.05, 3.63) is 77.9 Å². The van der Waals surface area contributed by atoms with E-state index >= 15 is 0 Å². The number of aromatic nitrogens is 4. The van der Waals surface area contributed by atoms with Gasteiger partial charge >= 0.3 is 0 Å². The number of rotatable bonds is 5. The zero-order valence-corrected chi connectivity index (χ0v) is 17.5. The molecule has 1 amide bonds. The molecule has 2 aromatic heterocycles. The summed E-state index contributed by atoms with van der Waals surface area (Å²) in [6, 6.07) is 19.6. The van der Waals surface area contributed by atoms with Crippen LogP contribution in [0.4, 0.5) is 17.1 Å². The maximum absolute atomic E-state index is 13.3. The Morgan fingerprint density at radius 1 is 0.967 bits per heavy atom. The summed E-state index contributed by atoms with van der Waals surface area (Å²) in [6.07, 6.45) is 0. The fourth-order valence-corrected chi connectivity index (χ4v) is 3.41. The van der Waals surface area contributed by atoms with Crippen molar-refractivity contribution in [3.8, 4) is 0 Å². The molecule has 4 aromatic rings. The van der Waals surface area contributed by atoms with Gasteiger partial charge in [0.1, 0.15) is 0 Å². The van der Waals surface area contributed by atoms with Crippen LogP contribution in [-0.2, 0) is 0 Å². The largest absolute Gasteiger partial charge is 0.356 e. The van der Waals surface area contributed by atoms with Gasteiger partial charge in [0.15, 0.2) is 0 Å². The molecular weight excluding hydrogens is 376 g/mol. The van der Waals surface area contributed by atoms with Gasteiger partial charge in [0, 0.05) is 34.5 Å². The number of fused-ring (bicyclic) bond motifs is 1. The summed E-state index contributed by atoms with van der Waals surface area (Å²) in [6.45, 7) is 7.76. The van der Waals surface area contributed by atoms with Crippen LogP contribution in [0.1, 0.15) is 35.9 Å². The molecule has 0 bridgehead atoms. The van der Waals surface area contributed by atoms with Crippen LogP contribution in [0.25, 0.3) is 5.78 Å². The Bertz CT molecular complexity index is 1180. The molecule has 0 saturated heterocycles. The third-order valence-electron chi connectivity index (χ3n) is 4.75. The van der Waals surface area contributed by atoms with Gasteiger partial charge in [-0.3, -0.25) is 4.79 Å². The number of nitrogens with zero attached hydrogens (tertiary/aromatic N) is 5. The molecule has 0 aliphatic rings. The van der Waals surface area contributed by atoms with Gasteiger partial charge in [0.2, 0.25) is 5.82 Å². The van der Waals surface area contributed by atoms with E-state index < -0.39 is 0 Å². The van der Waals surface area contributed by atoms with Gasteiger partial charge in [-0.2, -0.15) is 4.98 Å². The molecule has 0 unspecified atom stereocenters. The lowest BCUT2D eigenvalue weighted by molar-refractivity contribution is 0.0970. The van der Waals surface area contributed by atoms with Crippen LogP contribution in [0.2, 0.25) is 0 Å². The van der Waals surface area contributed by atoms with Crippen molar-refractivity contribution < 1.29 is 4.79 Å². The summed E-state index contributed by atoms with van der Waals surface area (Å²) in [5, 5.41) is 7.74. The number of para-hydroxylation sites is 1. The molecule has 0 fully saturated rings. The number of benzene rings is 2. The van der Waals surface area contributed by atoms with Crippen LogP contribution in [0, 0.1) is 13.8 Å². The van der Waals surface area contributed by atoms with E-state index in [0.29, 0.717) is 5.78 Å². The summed E-state index contributed by atoms with van der Waals surface area (Å²) in [5.74, 6) is 0.315. The lowest BCUT2D eigenvalue weighted by Gasteiger charge is -2.25. The molecule has 0 atom stereocenters. The molecule has 0 saturated carbocycles. The van der Waals surface area contributed by atoms with Gasteiger partial charge in [-0.1, -0.05) is 18.2 Å². The topological polar surface area (TPSA) is 75.4 Å². The zero-order valence-electron chi connectivity index (χ0n) is 17.5. The summed E-state index contributed by atoms with van der Waals surface area (Å²) in [5.41, 5.74) is 4.47. The molecule has 2 heterocycles. The number of amides is 1. The quantitative estimate of drug-likeness (QED) is 0.532. The van der Waals surface area contributed by atoms with Crippen molar-refractivity contribution in [2.24, 2.45) is 0 Å². The standard InChI is InChI=1S/C23H24N6O/c1-15(2)28(20-12-10-19(11-13-20)25-18-8-6-5-7-9-18)22(30)21-26-23-24-16(3)14-17(4)29(23)27-21/h5-15,25H,1-4H3. The fourth-order valence-electron chi connectivity index (χ4n) is 3.41. The van der Waals surface area contributed by atoms with E-state index in [1.165, 1.54) is 0 Å². The van der Waals surface area contributed by atoms with Gasteiger partial charge in [-0.25, -0.2) is 9.50 Å². The van der Waals surface area contributed by atoms with Crippen LogP contribution < -0.4 is 10.2 Å². The molecule has 7 nitrogen and oxygen atoms in total. The highest BCUT2D eigenvalue weighted by Gasteiger charge is 2.25. The first-order chi connectivity index (χ1) is 14.4. The predicted octanol–water partition coefficient (Wildman–Crippen LogP) is 4.54. The molecule has 0 radical (unpaired) electrons. The second-order valence-corrected chi connectivity index (χ2v) is 7.49. The number of aryl methyl sites for hydroxylation is 2. The highest BCUT2D eigenvalue weighted by molar-refractivity contribution is 6.04. The molecule has 0 aliphatic carbocycles. The number of nitrogens with one attached hydrogen (secondary N) is 1. The van der Waals surface area contributed by atoms with Crippen molar-refractivity contribution >= 4 is 28.7 Å². The number of anilines is 3. The van der Waals surface area contributed by atoms with Crippen molar-refractivity contribution in [1.82, 2.24) is 19.6 Å². The Hall–Kier alpha value is -3.74. The van der Waals surface area contributed by atoms with E-state index in [0.717, 1.165) is 28.5 Å². The fraction of sp³-hybridized carbons (Fsp3) is 0.217. The molecule has 0 spiro atoms. The monoisotopic (exact) mass is 400 g/mol. The average Bonchev–Trinajstić information content (AvgIpc) is 3.14. The maximum atomic E-state index is 13.3. The lowest BCUT2D eigenvalue weighted by Crippen LogP contribution is -2.37. The van der Waals surface area contributed by atoms with Crippen LogP contribution in [-0.4, -0.2) is 31.5 Å². The molecule has 30 heavy (non-hydrogen) atoms. The number of hydrogen-bond donors (Lipinski definition) is 1. The van der Waals surface area contributed by atoms with E-state index in [1.54, 1.807) is 9.42 Å². The van der Waals surface area contributed by atoms with E-state index in [1.807, 2.05) is 88.4 Å². The minimum Gasteiger partial charge on any atom is -0.356 e.